The number of benzene rings is 2. The highest BCUT2D eigenvalue weighted by molar-refractivity contribution is 14.1. The number of hydrogen-bond acceptors (Lipinski definition) is 7. The van der Waals surface area contributed by atoms with Crippen molar-refractivity contribution in [2.45, 2.75) is 13.5 Å². The van der Waals surface area contributed by atoms with Gasteiger partial charge in [-0.2, -0.15) is 0 Å². The first-order chi connectivity index (χ1) is 17.4. The van der Waals surface area contributed by atoms with Crippen LogP contribution in [0.5, 0.6) is 11.5 Å². The molecule has 0 saturated carbocycles. The van der Waals surface area contributed by atoms with Gasteiger partial charge in [-0.25, -0.2) is 4.39 Å². The molecule has 11 heteroatoms. The third kappa shape index (κ3) is 6.19. The number of thioether (sulfide) groups is 1. The van der Waals surface area contributed by atoms with Gasteiger partial charge in [0.25, 0.3) is 11.1 Å². The molecule has 2 saturated heterocycles. The Bertz CT molecular complexity index is 1200. The number of hydrogen-bond donors (Lipinski definition) is 0. The fraction of sp³-hybridized carbons (Fsp3) is 0.320. The number of morpholine rings is 1. The van der Waals surface area contributed by atoms with E-state index in [4.69, 9.17) is 14.2 Å². The Morgan fingerprint density at radius 1 is 1.19 bits per heavy atom. The predicted octanol–water partition coefficient (Wildman–Crippen LogP) is 4.30. The Hall–Kier alpha value is -2.64. The van der Waals surface area contributed by atoms with Crippen molar-refractivity contribution in [1.29, 1.82) is 0 Å². The van der Waals surface area contributed by atoms with Crippen molar-refractivity contribution in [3.05, 3.63) is 61.8 Å². The molecule has 0 N–H and O–H groups in total. The summed E-state index contributed by atoms with van der Waals surface area (Å²) >= 11 is 2.88. The van der Waals surface area contributed by atoms with Crippen LogP contribution in [0.2, 0.25) is 0 Å². The molecule has 0 spiro atoms. The first-order valence-corrected chi connectivity index (χ1v) is 13.2. The van der Waals surface area contributed by atoms with Gasteiger partial charge in [0.05, 0.1) is 28.3 Å². The SMILES string of the molecule is CCOc1cc(/C=C2/SC(=O)N(CC(=O)N3CCOCC3)C2=O)cc(I)c1OCc1ccccc1F. The van der Waals surface area contributed by atoms with E-state index >= 15 is 0 Å². The minimum atomic E-state index is -0.514. The van der Waals surface area contributed by atoms with Crippen molar-refractivity contribution in [2.75, 3.05) is 39.5 Å². The fourth-order valence-corrected chi connectivity index (χ4v) is 5.29. The predicted molar refractivity (Wildman–Crippen MR) is 141 cm³/mol. The second-order valence-corrected chi connectivity index (χ2v) is 10.1. The van der Waals surface area contributed by atoms with Gasteiger partial charge >= 0.3 is 0 Å². The average Bonchev–Trinajstić information content (AvgIpc) is 3.12. The Morgan fingerprint density at radius 2 is 1.94 bits per heavy atom. The molecule has 3 amide bonds. The highest BCUT2D eigenvalue weighted by atomic mass is 127. The van der Waals surface area contributed by atoms with Gasteiger partial charge in [0.1, 0.15) is 19.0 Å². The summed E-state index contributed by atoms with van der Waals surface area (Å²) in [4.78, 5) is 40.7. The maximum Gasteiger partial charge on any atom is 0.294 e. The number of carbonyl (C=O) groups is 3. The van der Waals surface area contributed by atoms with Crippen molar-refractivity contribution in [3.8, 4) is 11.5 Å². The number of rotatable bonds is 8. The minimum absolute atomic E-state index is 0.0259. The first-order valence-electron chi connectivity index (χ1n) is 11.3. The molecule has 2 fully saturated rings. The molecule has 0 unspecified atom stereocenters. The van der Waals surface area contributed by atoms with Crippen LogP contribution >= 0.6 is 34.4 Å². The van der Waals surface area contributed by atoms with Gasteiger partial charge in [-0.15, -0.1) is 0 Å². The number of halogens is 2. The first kappa shape index (κ1) is 26.4. The van der Waals surface area contributed by atoms with Gasteiger partial charge in [0.15, 0.2) is 11.5 Å². The average molecular weight is 626 g/mol. The number of carbonyl (C=O) groups excluding carboxylic acids is 3. The molecule has 8 nitrogen and oxygen atoms in total. The quantitative estimate of drug-likeness (QED) is 0.319. The summed E-state index contributed by atoms with van der Waals surface area (Å²) in [5.74, 6) is -0.258. The topological polar surface area (TPSA) is 85.4 Å². The Labute approximate surface area is 225 Å². The molecule has 0 bridgehead atoms. The van der Waals surface area contributed by atoms with Crippen molar-refractivity contribution < 1.29 is 33.0 Å². The Balaban J connectivity index is 1.51. The number of nitrogens with zero attached hydrogens (tertiary/aromatic N) is 2. The Morgan fingerprint density at radius 3 is 2.67 bits per heavy atom. The molecule has 0 atom stereocenters. The highest BCUT2D eigenvalue weighted by Gasteiger charge is 2.37. The van der Waals surface area contributed by atoms with E-state index in [1.54, 1.807) is 41.3 Å². The van der Waals surface area contributed by atoms with E-state index in [0.29, 0.717) is 59.1 Å². The summed E-state index contributed by atoms with van der Waals surface area (Å²) in [5.41, 5.74) is 1.05. The maximum atomic E-state index is 14.0. The smallest absolute Gasteiger partial charge is 0.294 e. The van der Waals surface area contributed by atoms with Gasteiger partial charge in [-0.05, 0) is 71.1 Å². The molecule has 2 aliphatic heterocycles. The Kier molecular flexibility index (Phi) is 8.86. The lowest BCUT2D eigenvalue weighted by Gasteiger charge is -2.28. The van der Waals surface area contributed by atoms with Crippen LogP contribution in [0.1, 0.15) is 18.1 Å². The van der Waals surface area contributed by atoms with E-state index in [-0.39, 0.29) is 29.8 Å². The van der Waals surface area contributed by atoms with Crippen LogP contribution in [0.4, 0.5) is 9.18 Å². The molecular weight excluding hydrogens is 602 g/mol. The van der Waals surface area contributed by atoms with E-state index in [9.17, 15) is 18.8 Å². The van der Waals surface area contributed by atoms with Crippen LogP contribution in [0.3, 0.4) is 0 Å². The van der Waals surface area contributed by atoms with Gasteiger partial charge < -0.3 is 19.1 Å². The van der Waals surface area contributed by atoms with Gasteiger partial charge in [-0.1, -0.05) is 18.2 Å². The highest BCUT2D eigenvalue weighted by Crippen LogP contribution is 2.38. The molecule has 0 aliphatic carbocycles. The summed E-state index contributed by atoms with van der Waals surface area (Å²) < 4.78 is 31.6. The maximum absolute atomic E-state index is 14.0. The van der Waals surface area contributed by atoms with Gasteiger partial charge in [0, 0.05) is 18.7 Å². The molecular formula is C25H24FIN2O6S. The zero-order valence-electron chi connectivity index (χ0n) is 19.5. The van der Waals surface area contributed by atoms with E-state index < -0.39 is 11.1 Å². The van der Waals surface area contributed by atoms with Crippen LogP contribution in [0.15, 0.2) is 41.3 Å². The molecule has 0 aromatic heterocycles. The van der Waals surface area contributed by atoms with E-state index in [0.717, 1.165) is 16.7 Å². The van der Waals surface area contributed by atoms with Crippen molar-refractivity contribution >= 4 is 57.5 Å². The van der Waals surface area contributed by atoms with E-state index in [2.05, 4.69) is 22.6 Å². The van der Waals surface area contributed by atoms with Crippen molar-refractivity contribution in [2.24, 2.45) is 0 Å². The van der Waals surface area contributed by atoms with Crippen LogP contribution in [-0.2, 0) is 20.9 Å². The lowest BCUT2D eigenvalue weighted by Crippen LogP contribution is -2.46. The summed E-state index contributed by atoms with van der Waals surface area (Å²) in [6, 6.07) is 9.86. The zero-order chi connectivity index (χ0) is 25.7. The monoisotopic (exact) mass is 626 g/mol. The molecule has 0 radical (unpaired) electrons. The van der Waals surface area contributed by atoms with E-state index in [1.165, 1.54) is 6.07 Å². The fourth-order valence-electron chi connectivity index (χ4n) is 3.68. The molecule has 2 aromatic carbocycles. The zero-order valence-corrected chi connectivity index (χ0v) is 22.5. The van der Waals surface area contributed by atoms with Crippen molar-refractivity contribution in [3.63, 3.8) is 0 Å². The number of amides is 3. The third-order valence-corrected chi connectivity index (χ3v) is 7.20. The molecule has 2 aliphatic rings. The van der Waals surface area contributed by atoms with Crippen LogP contribution in [-0.4, -0.2) is 66.3 Å². The van der Waals surface area contributed by atoms with Crippen LogP contribution in [0, 0.1) is 9.39 Å². The second kappa shape index (κ2) is 12.1. The summed E-state index contributed by atoms with van der Waals surface area (Å²) in [6.45, 7) is 3.68. The number of ether oxygens (including phenoxy) is 3. The van der Waals surface area contributed by atoms with Crippen LogP contribution in [0.25, 0.3) is 6.08 Å². The van der Waals surface area contributed by atoms with Gasteiger partial charge in [-0.3, -0.25) is 19.3 Å². The van der Waals surface area contributed by atoms with Crippen LogP contribution < -0.4 is 9.47 Å². The summed E-state index contributed by atoms with van der Waals surface area (Å²) in [7, 11) is 0. The lowest BCUT2D eigenvalue weighted by molar-refractivity contribution is -0.139. The lowest BCUT2D eigenvalue weighted by atomic mass is 10.1. The van der Waals surface area contributed by atoms with Crippen molar-refractivity contribution in [1.82, 2.24) is 9.80 Å². The molecule has 190 valence electrons. The largest absolute Gasteiger partial charge is 0.490 e. The van der Waals surface area contributed by atoms with E-state index in [1.807, 2.05) is 6.92 Å². The molecule has 2 heterocycles. The molecule has 2 aromatic rings. The van der Waals surface area contributed by atoms with Gasteiger partial charge in [0.2, 0.25) is 5.91 Å². The third-order valence-electron chi connectivity index (χ3n) is 5.49. The molecule has 4 rings (SSSR count). The summed E-state index contributed by atoms with van der Waals surface area (Å²) in [6.07, 6.45) is 1.59. The normalized spacial score (nSPS) is 17.1. The number of imide groups is 1. The minimum Gasteiger partial charge on any atom is -0.490 e. The second-order valence-electron chi connectivity index (χ2n) is 7.90. The standard InChI is InChI=1S/C25H24FIN2O6S/c1-2-34-20-12-16(11-19(27)23(20)35-15-17-5-3-4-6-18(17)26)13-21-24(31)29(25(32)36-21)14-22(30)28-7-9-33-10-8-28/h3-6,11-13H,2,7-10,14-15H2,1H3/b21-13+. The summed E-state index contributed by atoms with van der Waals surface area (Å²) in [5, 5.41) is -0.488. The molecule has 36 heavy (non-hydrogen) atoms.